The Morgan fingerprint density at radius 3 is 0.757 bits per heavy atom. The highest BCUT2D eigenvalue weighted by atomic mass is 31.2. The highest BCUT2D eigenvalue weighted by molar-refractivity contribution is 7.47. The van der Waals surface area contributed by atoms with Crippen LogP contribution >= 0.6 is 15.6 Å². The standard InChI is InChI=1S/C93H156O16P2/c1-4-7-10-13-16-19-22-25-28-31-34-37-40-42-43-45-48-49-52-55-58-61-64-67-70-73-76-79-91(96)103-82-88(94)83-105-110(99,100)106-84-89(95)85-107-111(101,102)108-87-90(109-93(98)81-78-75-72-69-66-63-60-57-54-51-46-39-36-33-30-27-24-21-18-15-12-9-6-3)86-104-92(97)80-77-74-71-68-65-62-59-56-53-50-47-44-41-38-35-32-29-26-23-20-17-14-11-8-5-2/h7,10,16-21,25-30,34-39,42-44,47-49,51,54,88-90,94-95H,4-6,8-9,11-15,22-24,31-33,40-41,45-46,50,52-53,55-87H2,1-3H3,(H,99,100)(H,101,102)/b10-7-,19-16-,20-17-,21-18-,28-25-,29-26-,30-27-,37-34-,38-35-,39-36-,43-42-,47-44-,49-48-,54-51-. The minimum Gasteiger partial charge on any atom is -0.463 e. The molecule has 0 amide bonds. The van der Waals surface area contributed by atoms with Gasteiger partial charge in [0, 0.05) is 19.3 Å². The number of carbonyl (C=O) groups excluding carboxylic acids is 3. The number of carbonyl (C=O) groups is 3. The summed E-state index contributed by atoms with van der Waals surface area (Å²) < 4.78 is 61.4. The first-order valence-corrected chi connectivity index (χ1v) is 46.4. The lowest BCUT2D eigenvalue weighted by molar-refractivity contribution is -0.161. The van der Waals surface area contributed by atoms with Crippen LogP contribution < -0.4 is 0 Å². The van der Waals surface area contributed by atoms with Crippen LogP contribution in [0.1, 0.15) is 342 Å². The van der Waals surface area contributed by atoms with Crippen LogP contribution in [0.25, 0.3) is 0 Å². The van der Waals surface area contributed by atoms with Crippen molar-refractivity contribution in [2.45, 2.75) is 360 Å². The van der Waals surface area contributed by atoms with Gasteiger partial charge < -0.3 is 34.2 Å². The van der Waals surface area contributed by atoms with Crippen LogP contribution in [0.4, 0.5) is 0 Å². The average Bonchev–Trinajstić information content (AvgIpc) is 0.897. The van der Waals surface area contributed by atoms with Gasteiger partial charge in [0.15, 0.2) is 6.10 Å². The molecular formula is C93H156O16P2. The van der Waals surface area contributed by atoms with Crippen LogP contribution in [0.15, 0.2) is 170 Å². The summed E-state index contributed by atoms with van der Waals surface area (Å²) in [5, 5.41) is 20.7. The van der Waals surface area contributed by atoms with Gasteiger partial charge >= 0.3 is 33.6 Å². The smallest absolute Gasteiger partial charge is 0.463 e. The Morgan fingerprint density at radius 2 is 0.477 bits per heavy atom. The number of unbranched alkanes of at least 4 members (excludes halogenated alkanes) is 30. The topological polar surface area (TPSA) is 231 Å². The average molecular weight is 1590 g/mol. The molecule has 0 radical (unpaired) electrons. The van der Waals surface area contributed by atoms with E-state index in [0.717, 1.165) is 186 Å². The maximum absolute atomic E-state index is 13.1. The first-order valence-electron chi connectivity index (χ1n) is 43.4. The Bertz CT molecular complexity index is 2700. The molecule has 0 saturated heterocycles. The fourth-order valence-corrected chi connectivity index (χ4v) is 12.9. The van der Waals surface area contributed by atoms with Crippen molar-refractivity contribution < 1.29 is 75.8 Å². The molecule has 5 atom stereocenters. The lowest BCUT2D eigenvalue weighted by Crippen LogP contribution is -2.30. The molecule has 4 N–H and O–H groups in total. The third kappa shape index (κ3) is 85.6. The van der Waals surface area contributed by atoms with Gasteiger partial charge in [-0.05, 0) is 161 Å². The number of ether oxygens (including phenoxy) is 3. The molecule has 0 saturated carbocycles. The van der Waals surface area contributed by atoms with E-state index in [1.807, 2.05) is 0 Å². The van der Waals surface area contributed by atoms with Gasteiger partial charge in [-0.15, -0.1) is 0 Å². The van der Waals surface area contributed by atoms with Gasteiger partial charge in [-0.3, -0.25) is 32.5 Å². The molecule has 0 aliphatic carbocycles. The third-order valence-corrected chi connectivity index (χ3v) is 19.8. The van der Waals surface area contributed by atoms with Crippen molar-refractivity contribution in [3.63, 3.8) is 0 Å². The molecule has 634 valence electrons. The van der Waals surface area contributed by atoms with E-state index in [4.69, 9.17) is 32.3 Å². The second-order valence-corrected chi connectivity index (χ2v) is 31.5. The maximum atomic E-state index is 13.1. The molecule has 0 bridgehead atoms. The zero-order valence-electron chi connectivity index (χ0n) is 69.6. The predicted octanol–water partition coefficient (Wildman–Crippen LogP) is 26.3. The van der Waals surface area contributed by atoms with Gasteiger partial charge in [0.1, 0.15) is 25.4 Å². The molecule has 0 aromatic carbocycles. The fourth-order valence-electron chi connectivity index (χ4n) is 11.3. The van der Waals surface area contributed by atoms with Gasteiger partial charge in [0.2, 0.25) is 0 Å². The molecule has 0 aliphatic rings. The summed E-state index contributed by atoms with van der Waals surface area (Å²) in [6, 6.07) is 0. The lowest BCUT2D eigenvalue weighted by atomic mass is 10.1. The number of phosphoric ester groups is 2. The highest BCUT2D eigenvalue weighted by Crippen LogP contribution is 2.45. The molecule has 0 fully saturated rings. The quantitative estimate of drug-likeness (QED) is 0.0146. The van der Waals surface area contributed by atoms with Gasteiger partial charge in [0.25, 0.3) is 0 Å². The van der Waals surface area contributed by atoms with Crippen molar-refractivity contribution in [2.75, 3.05) is 39.6 Å². The number of aliphatic hydroxyl groups excluding tert-OH is 2. The van der Waals surface area contributed by atoms with E-state index >= 15 is 0 Å². The second kappa shape index (κ2) is 84.3. The van der Waals surface area contributed by atoms with Crippen molar-refractivity contribution in [2.24, 2.45) is 0 Å². The first-order chi connectivity index (χ1) is 54.2. The van der Waals surface area contributed by atoms with E-state index in [2.05, 4.69) is 191 Å². The zero-order valence-corrected chi connectivity index (χ0v) is 71.4. The maximum Gasteiger partial charge on any atom is 0.472 e. The lowest BCUT2D eigenvalue weighted by Gasteiger charge is -2.21. The molecule has 18 heteroatoms. The third-order valence-electron chi connectivity index (χ3n) is 17.9. The van der Waals surface area contributed by atoms with E-state index in [-0.39, 0.29) is 19.3 Å². The molecule has 0 aromatic rings. The number of esters is 3. The van der Waals surface area contributed by atoms with Gasteiger partial charge in [-0.1, -0.05) is 332 Å². The molecule has 111 heavy (non-hydrogen) atoms. The molecule has 0 rings (SSSR count). The van der Waals surface area contributed by atoms with E-state index in [9.17, 15) is 43.5 Å². The number of allylic oxidation sites excluding steroid dienone is 28. The summed E-state index contributed by atoms with van der Waals surface area (Å²) in [7, 11) is -9.82. The summed E-state index contributed by atoms with van der Waals surface area (Å²) in [4.78, 5) is 58.9. The van der Waals surface area contributed by atoms with Crippen LogP contribution in [-0.4, -0.2) is 95.9 Å². The van der Waals surface area contributed by atoms with Crippen LogP contribution in [0.5, 0.6) is 0 Å². The molecular weight excluding hydrogens is 1430 g/mol. The minimum atomic E-state index is -4.95. The van der Waals surface area contributed by atoms with E-state index < -0.39 is 91.5 Å². The van der Waals surface area contributed by atoms with Crippen LogP contribution in [-0.2, 0) is 55.8 Å². The van der Waals surface area contributed by atoms with Crippen molar-refractivity contribution >= 4 is 33.6 Å². The number of rotatable bonds is 81. The number of hydrogen-bond acceptors (Lipinski definition) is 14. The van der Waals surface area contributed by atoms with Crippen LogP contribution in [0.2, 0.25) is 0 Å². The molecule has 0 aromatic heterocycles. The summed E-state index contributed by atoms with van der Waals surface area (Å²) in [6.07, 6.45) is 108. The molecule has 0 heterocycles. The normalized spacial score (nSPS) is 14.7. The summed E-state index contributed by atoms with van der Waals surface area (Å²) in [6.45, 7) is 2.50. The monoisotopic (exact) mass is 1590 g/mol. The molecule has 0 spiro atoms. The predicted molar refractivity (Wildman–Crippen MR) is 463 cm³/mol. The van der Waals surface area contributed by atoms with Crippen molar-refractivity contribution in [3.8, 4) is 0 Å². The SMILES string of the molecule is CC/C=C\C/C=C\C/C=C\C/C=C\C/C=C\C/C=C\CCCCCCCCCCC(=O)OCC(O)COP(=O)(O)OCC(O)COP(=O)(O)OCC(COC(=O)CCCCCCCCCCC/C=C\C/C=C\C/C=C\C/C=C\CCCCC)OC(=O)CCCCCCCCC/C=C\C/C=C\C/C=C\C/C=C\CCCCC. The Morgan fingerprint density at radius 1 is 0.261 bits per heavy atom. The van der Waals surface area contributed by atoms with Gasteiger partial charge in [0.05, 0.1) is 26.4 Å². The minimum absolute atomic E-state index is 0.0856. The Balaban J connectivity index is 4.71. The van der Waals surface area contributed by atoms with Crippen molar-refractivity contribution in [3.05, 3.63) is 170 Å². The number of phosphoric acid groups is 2. The van der Waals surface area contributed by atoms with E-state index in [0.29, 0.717) is 19.3 Å². The molecule has 5 unspecified atom stereocenters. The van der Waals surface area contributed by atoms with Crippen molar-refractivity contribution in [1.82, 2.24) is 0 Å². The van der Waals surface area contributed by atoms with Crippen molar-refractivity contribution in [1.29, 1.82) is 0 Å². The second-order valence-electron chi connectivity index (χ2n) is 28.6. The fraction of sp³-hybridized carbons (Fsp3) is 0.667. The Hall–Kier alpha value is -5.09. The summed E-state index contributed by atoms with van der Waals surface area (Å²) in [5.41, 5.74) is 0. The molecule has 0 aliphatic heterocycles. The largest absolute Gasteiger partial charge is 0.472 e. The number of aliphatic hydroxyl groups is 2. The summed E-state index contributed by atoms with van der Waals surface area (Å²) >= 11 is 0. The van der Waals surface area contributed by atoms with Gasteiger partial charge in [-0.2, -0.15) is 0 Å². The van der Waals surface area contributed by atoms with Crippen LogP contribution in [0, 0.1) is 0 Å². The summed E-state index contributed by atoms with van der Waals surface area (Å²) in [5.74, 6) is -1.60. The van der Waals surface area contributed by atoms with E-state index in [1.54, 1.807) is 0 Å². The van der Waals surface area contributed by atoms with E-state index in [1.165, 1.54) is 96.3 Å². The Kier molecular flexibility index (Phi) is 80.4. The first kappa shape index (κ1) is 106. The Labute approximate surface area is 675 Å². The molecule has 16 nitrogen and oxygen atoms in total. The van der Waals surface area contributed by atoms with Gasteiger partial charge in [-0.25, -0.2) is 9.13 Å². The number of hydrogen-bond donors (Lipinski definition) is 4. The highest BCUT2D eigenvalue weighted by Gasteiger charge is 2.29. The van der Waals surface area contributed by atoms with Crippen LogP contribution in [0.3, 0.4) is 0 Å². The zero-order chi connectivity index (χ0) is 80.8.